The molecule has 1 atom stereocenters. The molecule has 2 heteroatoms. The summed E-state index contributed by atoms with van der Waals surface area (Å²) in [5.74, 6) is 0.472. The Kier molecular flexibility index (Phi) is 5.90. The van der Waals surface area contributed by atoms with Crippen LogP contribution >= 0.6 is 0 Å². The normalized spacial score (nSPS) is 24.3. The van der Waals surface area contributed by atoms with E-state index in [1.54, 1.807) is 0 Å². The maximum absolute atomic E-state index is 10.9. The van der Waals surface area contributed by atoms with Crippen molar-refractivity contribution in [2.75, 3.05) is 6.54 Å². The first kappa shape index (κ1) is 10.5. The maximum atomic E-state index is 10.9. The number of hydrogen-bond donors (Lipinski definition) is 1. The van der Waals surface area contributed by atoms with Crippen LogP contribution in [0, 0.1) is 5.92 Å². The van der Waals surface area contributed by atoms with E-state index >= 15 is 0 Å². The Bertz CT molecular complexity index is 112. The van der Waals surface area contributed by atoms with Gasteiger partial charge in [-0.05, 0) is 12.8 Å². The van der Waals surface area contributed by atoms with Crippen molar-refractivity contribution in [3.63, 3.8) is 0 Å². The molecule has 0 saturated carbocycles. The quantitative estimate of drug-likeness (QED) is 0.572. The summed E-state index contributed by atoms with van der Waals surface area (Å²) >= 11 is 0. The van der Waals surface area contributed by atoms with Crippen LogP contribution in [0.2, 0.25) is 0 Å². The van der Waals surface area contributed by atoms with Crippen LogP contribution in [0.1, 0.15) is 40.0 Å². The lowest BCUT2D eigenvalue weighted by Crippen LogP contribution is -2.26. The van der Waals surface area contributed by atoms with Crippen molar-refractivity contribution in [1.82, 2.24) is 5.32 Å². The molecule has 1 fully saturated rings. The smallest absolute Gasteiger partial charge is 0.222 e. The third-order valence-corrected chi connectivity index (χ3v) is 1.81. The van der Waals surface area contributed by atoms with Gasteiger partial charge in [0.25, 0.3) is 0 Å². The number of amides is 1. The Morgan fingerprint density at radius 1 is 1.36 bits per heavy atom. The molecule has 0 aromatic rings. The molecule has 1 aliphatic rings. The summed E-state index contributed by atoms with van der Waals surface area (Å²) in [5.41, 5.74) is 0. The average Bonchev–Trinajstić information content (AvgIpc) is 2.22. The minimum Gasteiger partial charge on any atom is -0.356 e. The number of carbonyl (C=O) groups excluding carboxylic acids is 1. The van der Waals surface area contributed by atoms with E-state index < -0.39 is 0 Å². The van der Waals surface area contributed by atoms with Gasteiger partial charge >= 0.3 is 0 Å². The predicted molar refractivity (Wildman–Crippen MR) is 47.4 cm³/mol. The summed E-state index contributed by atoms with van der Waals surface area (Å²) in [7, 11) is 0. The first-order chi connectivity index (χ1) is 5.30. The van der Waals surface area contributed by atoms with E-state index in [0.717, 1.165) is 19.4 Å². The Hall–Kier alpha value is -0.530. The zero-order valence-electron chi connectivity index (χ0n) is 7.81. The van der Waals surface area contributed by atoms with Gasteiger partial charge in [0.1, 0.15) is 0 Å². The molecule has 1 heterocycles. The van der Waals surface area contributed by atoms with Gasteiger partial charge in [-0.2, -0.15) is 0 Å². The van der Waals surface area contributed by atoms with Gasteiger partial charge in [0.15, 0.2) is 0 Å². The second kappa shape index (κ2) is 6.20. The van der Waals surface area contributed by atoms with E-state index in [1.165, 1.54) is 6.42 Å². The van der Waals surface area contributed by atoms with Crippen molar-refractivity contribution in [3.8, 4) is 0 Å². The second-order valence-corrected chi connectivity index (χ2v) is 2.69. The summed E-state index contributed by atoms with van der Waals surface area (Å²) in [6.45, 7) is 6.86. The van der Waals surface area contributed by atoms with Gasteiger partial charge < -0.3 is 5.32 Å². The average molecular weight is 157 g/mol. The highest BCUT2D eigenvalue weighted by Gasteiger charge is 2.14. The first-order valence-electron chi connectivity index (χ1n) is 4.58. The van der Waals surface area contributed by atoms with Crippen LogP contribution in [0.3, 0.4) is 0 Å². The molecular formula is C9H19NO. The third kappa shape index (κ3) is 4.02. The molecule has 1 N–H and O–H groups in total. The molecule has 66 valence electrons. The summed E-state index contributed by atoms with van der Waals surface area (Å²) < 4.78 is 0. The van der Waals surface area contributed by atoms with Crippen LogP contribution in [-0.4, -0.2) is 12.5 Å². The van der Waals surface area contributed by atoms with Gasteiger partial charge in [0.05, 0.1) is 0 Å². The molecule has 0 aromatic carbocycles. The Balaban J connectivity index is 0.000000461. The molecular weight excluding hydrogens is 138 g/mol. The molecule has 0 bridgehead atoms. The van der Waals surface area contributed by atoms with Gasteiger partial charge in [-0.25, -0.2) is 0 Å². The lowest BCUT2D eigenvalue weighted by atomic mass is 10.1. The fraction of sp³-hybridized carbons (Fsp3) is 0.889. The molecule has 0 radical (unpaired) electrons. The standard InChI is InChI=1S/C7H13NO.C2H6/c1-6-4-2-3-5-8-7(6)9;1-2/h6H,2-5H2,1H3,(H,8,9);1-2H3. The molecule has 1 amide bonds. The van der Waals surface area contributed by atoms with E-state index in [4.69, 9.17) is 0 Å². The van der Waals surface area contributed by atoms with Gasteiger partial charge in [0.2, 0.25) is 5.91 Å². The van der Waals surface area contributed by atoms with Gasteiger partial charge in [-0.15, -0.1) is 0 Å². The fourth-order valence-electron chi connectivity index (χ4n) is 1.09. The topological polar surface area (TPSA) is 29.1 Å². The third-order valence-electron chi connectivity index (χ3n) is 1.81. The number of carbonyl (C=O) groups is 1. The predicted octanol–water partition coefficient (Wildman–Crippen LogP) is 1.95. The molecule has 0 spiro atoms. The van der Waals surface area contributed by atoms with E-state index in [9.17, 15) is 4.79 Å². The van der Waals surface area contributed by atoms with Crippen LogP contribution < -0.4 is 5.32 Å². The van der Waals surface area contributed by atoms with E-state index in [0.29, 0.717) is 0 Å². The zero-order valence-corrected chi connectivity index (χ0v) is 7.81. The van der Waals surface area contributed by atoms with Crippen molar-refractivity contribution in [3.05, 3.63) is 0 Å². The van der Waals surface area contributed by atoms with E-state index in [1.807, 2.05) is 20.8 Å². The van der Waals surface area contributed by atoms with Crippen molar-refractivity contribution >= 4 is 5.91 Å². The molecule has 1 rings (SSSR count). The minimum atomic E-state index is 0.229. The van der Waals surface area contributed by atoms with Gasteiger partial charge in [0, 0.05) is 12.5 Å². The summed E-state index contributed by atoms with van der Waals surface area (Å²) in [6, 6.07) is 0. The molecule has 0 aromatic heterocycles. The fourth-order valence-corrected chi connectivity index (χ4v) is 1.09. The molecule has 1 saturated heterocycles. The van der Waals surface area contributed by atoms with Gasteiger partial charge in [-0.3, -0.25) is 4.79 Å². The highest BCUT2D eigenvalue weighted by molar-refractivity contribution is 5.78. The van der Waals surface area contributed by atoms with Crippen LogP contribution in [0.5, 0.6) is 0 Å². The summed E-state index contributed by atoms with van der Waals surface area (Å²) in [5, 5.41) is 2.86. The highest BCUT2D eigenvalue weighted by atomic mass is 16.1. The highest BCUT2D eigenvalue weighted by Crippen LogP contribution is 2.10. The molecule has 1 unspecified atom stereocenters. The van der Waals surface area contributed by atoms with Crippen LogP contribution in [0.15, 0.2) is 0 Å². The largest absolute Gasteiger partial charge is 0.356 e. The SMILES string of the molecule is CC.CC1CCCCNC1=O. The van der Waals surface area contributed by atoms with Crippen molar-refractivity contribution in [2.45, 2.75) is 40.0 Å². The molecule has 2 nitrogen and oxygen atoms in total. The molecule has 1 aliphatic heterocycles. The Morgan fingerprint density at radius 3 is 2.64 bits per heavy atom. The zero-order chi connectivity index (χ0) is 8.69. The monoisotopic (exact) mass is 157 g/mol. The second-order valence-electron chi connectivity index (χ2n) is 2.69. The van der Waals surface area contributed by atoms with Crippen LogP contribution in [0.4, 0.5) is 0 Å². The molecule has 0 aliphatic carbocycles. The van der Waals surface area contributed by atoms with Crippen molar-refractivity contribution < 1.29 is 4.79 Å². The minimum absolute atomic E-state index is 0.229. The lowest BCUT2D eigenvalue weighted by Gasteiger charge is -2.03. The van der Waals surface area contributed by atoms with Crippen LogP contribution in [0.25, 0.3) is 0 Å². The van der Waals surface area contributed by atoms with E-state index in [-0.39, 0.29) is 11.8 Å². The summed E-state index contributed by atoms with van der Waals surface area (Å²) in [4.78, 5) is 10.9. The number of nitrogens with one attached hydrogen (secondary N) is 1. The van der Waals surface area contributed by atoms with Crippen LogP contribution in [-0.2, 0) is 4.79 Å². The van der Waals surface area contributed by atoms with Crippen molar-refractivity contribution in [2.24, 2.45) is 5.92 Å². The number of hydrogen-bond acceptors (Lipinski definition) is 1. The Morgan fingerprint density at radius 2 is 2.00 bits per heavy atom. The van der Waals surface area contributed by atoms with Crippen molar-refractivity contribution in [1.29, 1.82) is 0 Å². The number of rotatable bonds is 0. The maximum Gasteiger partial charge on any atom is 0.222 e. The Labute approximate surface area is 69.4 Å². The van der Waals surface area contributed by atoms with E-state index in [2.05, 4.69) is 5.32 Å². The first-order valence-corrected chi connectivity index (χ1v) is 4.58. The molecule has 11 heavy (non-hydrogen) atoms. The van der Waals surface area contributed by atoms with Gasteiger partial charge in [-0.1, -0.05) is 27.2 Å². The lowest BCUT2D eigenvalue weighted by molar-refractivity contribution is -0.124. The summed E-state index contributed by atoms with van der Waals surface area (Å²) in [6.07, 6.45) is 3.40.